The Morgan fingerprint density at radius 3 is 2.56 bits per heavy atom. The van der Waals surface area contributed by atoms with Crippen molar-refractivity contribution in [3.05, 3.63) is 16.3 Å². The van der Waals surface area contributed by atoms with Crippen LogP contribution in [0.5, 0.6) is 0 Å². The molecule has 46 valence electrons. The number of hydrogen-bond donors (Lipinski definition) is 0. The number of rotatable bonds is 1. The summed E-state index contributed by atoms with van der Waals surface area (Å²) in [6.07, 6.45) is 1.18. The molecular formula is C6H7BrMgS. The predicted molar refractivity (Wildman–Crippen MR) is 39.1 cm³/mol. The second-order valence-corrected chi connectivity index (χ2v) is 3.59. The molecular weight excluding hydrogens is 208 g/mol. The topological polar surface area (TPSA) is 0 Å². The zero-order valence-electron chi connectivity index (χ0n) is 5.36. The van der Waals surface area contributed by atoms with Gasteiger partial charge in [-0.2, -0.15) is 0 Å². The largest absolute Gasteiger partial charge is 1.00 e. The maximum absolute atomic E-state index is 2.25. The van der Waals surface area contributed by atoms with Gasteiger partial charge in [0, 0.05) is 0 Å². The Kier molecular flexibility index (Phi) is 5.21. The molecule has 0 fully saturated rings. The van der Waals surface area contributed by atoms with Gasteiger partial charge in [0.05, 0.1) is 0 Å². The summed E-state index contributed by atoms with van der Waals surface area (Å²) in [6.45, 7) is 2.19. The Morgan fingerprint density at radius 2 is 2.33 bits per heavy atom. The van der Waals surface area contributed by atoms with Crippen LogP contribution in [-0.2, 0) is 6.42 Å². The summed E-state index contributed by atoms with van der Waals surface area (Å²) in [7, 11) is 0. The first-order valence-corrected chi connectivity index (χ1v) is 4.31. The number of thiophene rings is 1. The monoisotopic (exact) mass is 214 g/mol. The van der Waals surface area contributed by atoms with Gasteiger partial charge in [0.15, 0.2) is 0 Å². The van der Waals surface area contributed by atoms with E-state index in [9.17, 15) is 0 Å². The first kappa shape index (κ1) is 9.95. The van der Waals surface area contributed by atoms with Gasteiger partial charge in [0.25, 0.3) is 0 Å². The summed E-state index contributed by atoms with van der Waals surface area (Å²) in [5.74, 6) is 0. The molecule has 1 heterocycles. The first-order valence-electron chi connectivity index (χ1n) is 2.72. The van der Waals surface area contributed by atoms with Crippen molar-refractivity contribution in [3.8, 4) is 0 Å². The average Bonchev–Trinajstić information content (AvgIpc) is 2.14. The van der Waals surface area contributed by atoms with Crippen molar-refractivity contribution in [2.75, 3.05) is 0 Å². The van der Waals surface area contributed by atoms with Crippen molar-refractivity contribution in [2.24, 2.45) is 0 Å². The molecule has 0 atom stereocenters. The fraction of sp³-hybridized carbons (Fsp3) is 0.333. The van der Waals surface area contributed by atoms with Crippen LogP contribution >= 0.6 is 11.3 Å². The van der Waals surface area contributed by atoms with Crippen molar-refractivity contribution >= 4 is 36.7 Å². The zero-order valence-corrected chi connectivity index (χ0v) is 9.17. The molecule has 1 aromatic rings. The quantitative estimate of drug-likeness (QED) is 0.481. The molecule has 0 saturated carbocycles. The van der Waals surface area contributed by atoms with E-state index in [1.165, 1.54) is 15.0 Å². The molecule has 1 rings (SSSR count). The Balaban J connectivity index is 0.000000640. The standard InChI is InChI=1S/C6H7S.BrH.Mg/c1-2-6-4-3-5-7-6;;/h4-5H,2H2,1H3;1H;/q;;+1/p-1. The van der Waals surface area contributed by atoms with Crippen LogP contribution in [0, 0.1) is 0 Å². The molecule has 0 aromatic carbocycles. The molecule has 3 heteroatoms. The van der Waals surface area contributed by atoms with E-state index in [1.807, 2.05) is 33.0 Å². The Hall–Kier alpha value is 0.946. The Morgan fingerprint density at radius 1 is 1.67 bits per heavy atom. The maximum atomic E-state index is 2.25. The molecule has 0 bridgehead atoms. The summed E-state index contributed by atoms with van der Waals surface area (Å²) >= 11 is 3.81. The van der Waals surface area contributed by atoms with Gasteiger partial charge in [0.1, 0.15) is 0 Å². The van der Waals surface area contributed by atoms with Gasteiger partial charge in [-0.05, 0) is 0 Å². The second kappa shape index (κ2) is 4.71. The van der Waals surface area contributed by atoms with E-state index in [0.29, 0.717) is 0 Å². The van der Waals surface area contributed by atoms with Gasteiger partial charge in [0.2, 0.25) is 0 Å². The molecule has 0 nitrogen and oxygen atoms in total. The summed E-state index contributed by atoms with van der Waals surface area (Å²) < 4.78 is 1.42. The molecule has 0 unspecified atom stereocenters. The predicted octanol–water partition coefficient (Wildman–Crippen LogP) is -1.89. The molecule has 9 heavy (non-hydrogen) atoms. The van der Waals surface area contributed by atoms with E-state index in [0.717, 1.165) is 0 Å². The van der Waals surface area contributed by atoms with Gasteiger partial charge in [-0.1, -0.05) is 0 Å². The van der Waals surface area contributed by atoms with Crippen molar-refractivity contribution in [2.45, 2.75) is 13.3 Å². The van der Waals surface area contributed by atoms with Gasteiger partial charge < -0.3 is 17.0 Å². The van der Waals surface area contributed by atoms with Crippen LogP contribution in [0.4, 0.5) is 0 Å². The summed E-state index contributed by atoms with van der Waals surface area (Å²) in [4.78, 5) is 1.50. The van der Waals surface area contributed by atoms with Crippen LogP contribution in [-0.4, -0.2) is 21.7 Å². The molecule has 1 aromatic heterocycles. The molecule has 0 radical (unpaired) electrons. The van der Waals surface area contributed by atoms with E-state index >= 15 is 0 Å². The van der Waals surface area contributed by atoms with Crippen molar-refractivity contribution < 1.29 is 17.0 Å². The second-order valence-electron chi connectivity index (χ2n) is 1.77. The van der Waals surface area contributed by atoms with Crippen molar-refractivity contribution in [1.29, 1.82) is 0 Å². The maximum Gasteiger partial charge on any atom is -1.00 e. The molecule has 0 aliphatic heterocycles. The molecule has 0 saturated heterocycles. The third kappa shape index (κ3) is 3.02. The van der Waals surface area contributed by atoms with Gasteiger partial charge in [-0.15, -0.1) is 0 Å². The van der Waals surface area contributed by atoms with Crippen LogP contribution in [0.2, 0.25) is 0 Å². The van der Waals surface area contributed by atoms with E-state index < -0.39 is 0 Å². The summed E-state index contributed by atoms with van der Waals surface area (Å²) in [6, 6.07) is 2.25. The Bertz CT molecular complexity index is 173. The number of halogens is 1. The average molecular weight is 215 g/mol. The van der Waals surface area contributed by atoms with Crippen LogP contribution in [0.1, 0.15) is 11.8 Å². The minimum absolute atomic E-state index is 0. The summed E-state index contributed by atoms with van der Waals surface area (Å²) in [5.41, 5.74) is 0. The van der Waals surface area contributed by atoms with E-state index in [2.05, 4.69) is 18.4 Å². The van der Waals surface area contributed by atoms with Gasteiger partial charge in [-0.3, -0.25) is 0 Å². The zero-order chi connectivity index (χ0) is 5.98. The molecule has 0 amide bonds. The van der Waals surface area contributed by atoms with Crippen LogP contribution < -0.4 is 20.7 Å². The fourth-order valence-electron chi connectivity index (χ4n) is 0.612. The number of hydrogen-bond acceptors (Lipinski definition) is 1. The Labute approximate surface area is 82.9 Å². The molecule has 0 spiro atoms. The normalized spacial score (nSPS) is 8.78. The summed E-state index contributed by atoms with van der Waals surface area (Å²) in [5, 5.41) is 2.21. The smallest absolute Gasteiger partial charge is 1.00 e. The van der Waals surface area contributed by atoms with Crippen LogP contribution in [0.3, 0.4) is 0 Å². The molecule has 0 aliphatic carbocycles. The first-order chi connectivity index (χ1) is 3.83. The van der Waals surface area contributed by atoms with E-state index in [1.54, 1.807) is 0 Å². The van der Waals surface area contributed by atoms with E-state index in [-0.39, 0.29) is 17.0 Å². The minimum Gasteiger partial charge on any atom is -1.00 e. The van der Waals surface area contributed by atoms with Gasteiger partial charge >= 0.3 is 66.4 Å². The fourth-order valence-corrected chi connectivity index (χ4v) is 2.01. The third-order valence-corrected chi connectivity index (χ3v) is 2.89. The molecule has 0 N–H and O–H groups in total. The molecule has 0 aliphatic rings. The van der Waals surface area contributed by atoms with E-state index in [4.69, 9.17) is 0 Å². The van der Waals surface area contributed by atoms with Crippen molar-refractivity contribution in [3.63, 3.8) is 0 Å². The number of aryl methyl sites for hydroxylation is 1. The van der Waals surface area contributed by atoms with Crippen LogP contribution in [0.15, 0.2) is 11.4 Å². The van der Waals surface area contributed by atoms with Gasteiger partial charge in [-0.25, -0.2) is 0 Å². The van der Waals surface area contributed by atoms with Crippen LogP contribution in [0.25, 0.3) is 0 Å². The SMILES string of the molecule is CCc1c[c]([Mg+])cs1.[Br-]. The third-order valence-electron chi connectivity index (χ3n) is 1.06. The van der Waals surface area contributed by atoms with Crippen molar-refractivity contribution in [1.82, 2.24) is 0 Å². The minimum atomic E-state index is 0.